The quantitative estimate of drug-likeness (QED) is 0.0886. The van der Waals surface area contributed by atoms with Crippen LogP contribution in [0.1, 0.15) is 35.1 Å². The molecule has 4 heterocycles. The van der Waals surface area contributed by atoms with Crippen molar-refractivity contribution in [1.29, 1.82) is 0 Å². The van der Waals surface area contributed by atoms with Crippen molar-refractivity contribution >= 4 is 13.7 Å². The number of amides is 1. The number of nitrogens with zero attached hydrogens (tertiary/aromatic N) is 7. The number of H-pyrrole nitrogens is 1. The predicted molar refractivity (Wildman–Crippen MR) is 124 cm³/mol. The molecule has 0 spiro atoms. The Morgan fingerprint density at radius 2 is 2.00 bits per heavy atom. The van der Waals surface area contributed by atoms with E-state index in [-0.39, 0.29) is 17.8 Å². The maximum absolute atomic E-state index is 12.5. The van der Waals surface area contributed by atoms with E-state index in [4.69, 9.17) is 29.8 Å². The van der Waals surface area contributed by atoms with E-state index in [1.165, 1.54) is 13.1 Å². The first-order valence-corrected chi connectivity index (χ1v) is 12.8. The number of aromatic nitrogens is 5. The van der Waals surface area contributed by atoms with Crippen molar-refractivity contribution < 1.29 is 43.0 Å². The van der Waals surface area contributed by atoms with Crippen molar-refractivity contribution in [1.82, 2.24) is 24.3 Å². The highest BCUT2D eigenvalue weighted by Gasteiger charge is 2.46. The van der Waals surface area contributed by atoms with Crippen molar-refractivity contribution in [3.05, 3.63) is 55.2 Å². The largest absolute Gasteiger partial charge is 0.472 e. The molecule has 2 fully saturated rings. The zero-order chi connectivity index (χ0) is 28.5. The van der Waals surface area contributed by atoms with E-state index in [2.05, 4.69) is 25.1 Å². The maximum Gasteiger partial charge on any atom is 0.472 e. The van der Waals surface area contributed by atoms with Crippen molar-refractivity contribution in [3.63, 3.8) is 0 Å². The van der Waals surface area contributed by atoms with Gasteiger partial charge >= 0.3 is 13.5 Å². The molecule has 1 amide bonds. The minimum atomic E-state index is -4.80. The fourth-order valence-corrected chi connectivity index (χ4v) is 4.74. The summed E-state index contributed by atoms with van der Waals surface area (Å²) in [6.45, 7) is 0.171. The van der Waals surface area contributed by atoms with Gasteiger partial charge in [-0.1, -0.05) is 5.11 Å². The number of phosphoric ester groups is 1. The van der Waals surface area contributed by atoms with Crippen LogP contribution in [0.3, 0.4) is 0 Å². The summed E-state index contributed by atoms with van der Waals surface area (Å²) in [4.78, 5) is 53.6. The molecule has 2 aromatic rings. The number of azide groups is 1. The fraction of sp³-hybridized carbons (Fsp3) is 0.611. The number of nitrogens with two attached hydrogens (primary N) is 1. The van der Waals surface area contributed by atoms with Crippen LogP contribution in [0.2, 0.25) is 0 Å². The molecule has 2 aliphatic heterocycles. The summed E-state index contributed by atoms with van der Waals surface area (Å²) in [5.74, 6) is -1.29. The van der Waals surface area contributed by atoms with Crippen molar-refractivity contribution in [2.45, 2.75) is 56.3 Å². The first kappa shape index (κ1) is 28.6. The number of aliphatic hydroxyl groups is 2. The van der Waals surface area contributed by atoms with Gasteiger partial charge in [-0.25, -0.2) is 19.0 Å². The zero-order valence-electron chi connectivity index (χ0n) is 20.1. The van der Waals surface area contributed by atoms with Gasteiger partial charge in [0.1, 0.15) is 30.9 Å². The monoisotopic (exact) mass is 573 g/mol. The summed E-state index contributed by atoms with van der Waals surface area (Å²) in [6.07, 6.45) is -5.48. The van der Waals surface area contributed by atoms with Gasteiger partial charge in [-0.05, 0) is 12.5 Å². The predicted octanol–water partition coefficient (Wildman–Crippen LogP) is -2.05. The topological polar surface area (TPSA) is 292 Å². The fourth-order valence-electron chi connectivity index (χ4n) is 3.99. The summed E-state index contributed by atoms with van der Waals surface area (Å²) in [5.41, 5.74) is 12.8. The number of rotatable bonds is 10. The number of phosphoric acid groups is 1. The Kier molecular flexibility index (Phi) is 8.31. The van der Waals surface area contributed by atoms with E-state index < -0.39 is 81.1 Å². The molecule has 2 saturated heterocycles. The Morgan fingerprint density at radius 3 is 2.64 bits per heavy atom. The number of aliphatic hydroxyl groups excluding tert-OH is 2. The third kappa shape index (κ3) is 6.25. The molecular formula is C18H24N9O11P. The van der Waals surface area contributed by atoms with E-state index in [0.29, 0.717) is 0 Å². The van der Waals surface area contributed by atoms with Gasteiger partial charge in [0.2, 0.25) is 5.82 Å². The van der Waals surface area contributed by atoms with Crippen LogP contribution in [0.5, 0.6) is 0 Å². The van der Waals surface area contributed by atoms with Crippen LogP contribution in [0, 0.1) is 6.92 Å². The lowest BCUT2D eigenvalue weighted by atomic mass is 10.1. The molecule has 0 saturated carbocycles. The third-order valence-electron chi connectivity index (χ3n) is 5.99. The lowest BCUT2D eigenvalue weighted by Gasteiger charge is -2.20. The number of carbonyl (C=O) groups is 1. The lowest BCUT2D eigenvalue weighted by molar-refractivity contribution is -0.0615. The Bertz CT molecular complexity index is 1440. The minimum Gasteiger partial charge on any atom is -0.387 e. The van der Waals surface area contributed by atoms with E-state index in [9.17, 15) is 34.1 Å². The Hall–Kier alpha value is -3.45. The van der Waals surface area contributed by atoms with Gasteiger partial charge in [0.05, 0.1) is 25.4 Å². The molecule has 0 bridgehead atoms. The summed E-state index contributed by atoms with van der Waals surface area (Å²) in [7, 11) is -4.80. The number of nitrogens with one attached hydrogen (secondary N) is 1. The average molecular weight is 573 g/mol. The second-order valence-corrected chi connectivity index (χ2v) is 10.1. The molecule has 0 aromatic carbocycles. The van der Waals surface area contributed by atoms with Crippen molar-refractivity contribution in [2.75, 3.05) is 13.2 Å². The second-order valence-electron chi connectivity index (χ2n) is 8.63. The molecule has 2 aromatic heterocycles. The number of aromatic amines is 1. The summed E-state index contributed by atoms with van der Waals surface area (Å²) in [5, 5.41) is 27.8. The first-order valence-electron chi connectivity index (χ1n) is 11.3. The molecular weight excluding hydrogens is 549 g/mol. The first-order chi connectivity index (χ1) is 18.4. The second kappa shape index (κ2) is 11.3. The van der Waals surface area contributed by atoms with Gasteiger partial charge in [0.15, 0.2) is 6.23 Å². The average Bonchev–Trinajstić information content (AvgIpc) is 3.58. The molecule has 8 atom stereocenters. The smallest absolute Gasteiger partial charge is 0.387 e. The molecule has 6 N–H and O–H groups in total. The number of aryl methyl sites for hydroxylation is 1. The van der Waals surface area contributed by atoms with Crippen LogP contribution in [0.25, 0.3) is 10.4 Å². The molecule has 0 radical (unpaired) electrons. The van der Waals surface area contributed by atoms with E-state index in [0.717, 1.165) is 15.6 Å². The Balaban J connectivity index is 1.35. The van der Waals surface area contributed by atoms with Gasteiger partial charge in [-0.2, -0.15) is 0 Å². The van der Waals surface area contributed by atoms with Gasteiger partial charge in [0.25, 0.3) is 11.5 Å². The van der Waals surface area contributed by atoms with Crippen LogP contribution < -0.4 is 17.0 Å². The highest BCUT2D eigenvalue weighted by atomic mass is 31.2. The summed E-state index contributed by atoms with van der Waals surface area (Å²) < 4.78 is 35.5. The van der Waals surface area contributed by atoms with Crippen LogP contribution >= 0.6 is 7.82 Å². The molecule has 1 unspecified atom stereocenters. The number of ether oxygens (including phenoxy) is 2. The van der Waals surface area contributed by atoms with E-state index >= 15 is 0 Å². The minimum absolute atomic E-state index is 0.00119. The van der Waals surface area contributed by atoms with Crippen LogP contribution in [0.15, 0.2) is 27.2 Å². The zero-order valence-corrected chi connectivity index (χ0v) is 21.0. The van der Waals surface area contributed by atoms with Crippen molar-refractivity contribution in [3.8, 4) is 0 Å². The van der Waals surface area contributed by atoms with Gasteiger partial charge in [0, 0.05) is 23.1 Å². The molecule has 212 valence electrons. The van der Waals surface area contributed by atoms with E-state index in [1.807, 2.05) is 0 Å². The number of carbonyl (C=O) groups excluding carboxylic acids is 1. The van der Waals surface area contributed by atoms with E-state index in [1.54, 1.807) is 0 Å². The molecule has 0 aliphatic carbocycles. The highest BCUT2D eigenvalue weighted by molar-refractivity contribution is 7.47. The summed E-state index contributed by atoms with van der Waals surface area (Å²) >= 11 is 0. The Labute approximate surface area is 217 Å². The van der Waals surface area contributed by atoms with Crippen LogP contribution in [-0.2, 0) is 23.1 Å². The van der Waals surface area contributed by atoms with Crippen molar-refractivity contribution in [2.24, 2.45) is 10.8 Å². The Morgan fingerprint density at radius 1 is 1.31 bits per heavy atom. The molecule has 21 heteroatoms. The summed E-state index contributed by atoms with van der Waals surface area (Å²) in [6, 6.07) is -0.900. The molecule has 20 nitrogen and oxygen atoms in total. The molecule has 4 rings (SSSR count). The maximum atomic E-state index is 12.5. The van der Waals surface area contributed by atoms with Crippen LogP contribution in [0.4, 0.5) is 0 Å². The third-order valence-corrected chi connectivity index (χ3v) is 6.94. The SMILES string of the molecule is Cc1cn([C@H]2C[C@H](N=[N+]=[N-])[C@@H](COP(=O)(O)OC[C@@H]3O[C@H](n4cnc(C(N)=O)n4)[C@@H](O)[C@H]3O)O2)c(=O)[nH]c1=O. The highest BCUT2D eigenvalue weighted by Crippen LogP contribution is 2.45. The number of hydrogen-bond donors (Lipinski definition) is 5. The van der Waals surface area contributed by atoms with Gasteiger partial charge in [-0.3, -0.25) is 28.2 Å². The lowest BCUT2D eigenvalue weighted by Crippen LogP contribution is -2.34. The normalized spacial score (nSPS) is 30.1. The van der Waals surface area contributed by atoms with Gasteiger partial charge < -0.3 is 30.3 Å². The standard InChI is InChI=1S/C18H24N9O11P/c1-7-3-26(18(32)22-16(7)31)11-2-8(23-25-20)9(37-11)4-35-39(33,34)36-5-10-12(28)13(29)17(38-10)27-6-21-15(24-27)14(19)30/h3,6,8-13,17,28-29H,2,4-5H2,1H3,(H2,19,30)(H,33,34)(H,22,31,32)/t8-,9+,10-,11+,12-,13-,17-/m0/s1. The number of primary amides is 1. The molecule has 2 aliphatic rings. The van der Waals surface area contributed by atoms with Crippen LogP contribution in [-0.4, -0.2) is 89.0 Å². The number of hydrogen-bond acceptors (Lipinski definition) is 13. The van der Waals surface area contributed by atoms with Gasteiger partial charge in [-0.15, -0.1) is 5.10 Å². The molecule has 39 heavy (non-hydrogen) atoms.